The summed E-state index contributed by atoms with van der Waals surface area (Å²) in [6.45, 7) is 0. The Morgan fingerprint density at radius 1 is 1.00 bits per heavy atom. The summed E-state index contributed by atoms with van der Waals surface area (Å²) in [5.41, 5.74) is 3.55. The highest BCUT2D eigenvalue weighted by Crippen LogP contribution is 2.38. The molecule has 3 aromatic rings. The number of aromatic amines is 1. The summed E-state index contributed by atoms with van der Waals surface area (Å²) in [5, 5.41) is 10.4. The zero-order valence-corrected chi connectivity index (χ0v) is 15.0. The van der Waals surface area contributed by atoms with E-state index in [0.29, 0.717) is 22.5 Å². The van der Waals surface area contributed by atoms with Crippen molar-refractivity contribution in [2.45, 2.75) is 9.79 Å². The molecule has 1 aromatic heterocycles. The van der Waals surface area contributed by atoms with Crippen LogP contribution in [0.3, 0.4) is 0 Å². The Morgan fingerprint density at radius 2 is 1.64 bits per heavy atom. The summed E-state index contributed by atoms with van der Waals surface area (Å²) in [6, 6.07) is 15.2. The molecule has 2 aromatic carbocycles. The Balaban J connectivity index is 1.83. The zero-order chi connectivity index (χ0) is 17.6. The van der Waals surface area contributed by atoms with Crippen LogP contribution in [0.1, 0.15) is 21.5 Å². The van der Waals surface area contributed by atoms with Crippen LogP contribution < -0.4 is 0 Å². The van der Waals surface area contributed by atoms with Crippen LogP contribution in [0.15, 0.2) is 63.3 Å². The molecule has 0 aliphatic carbocycles. The van der Waals surface area contributed by atoms with Crippen molar-refractivity contribution in [1.82, 2.24) is 4.98 Å². The average molecular weight is 366 g/mol. The largest absolute Gasteiger partial charge is 0.494 e. The molecule has 25 heavy (non-hydrogen) atoms. The molecule has 124 valence electrons. The van der Waals surface area contributed by atoms with E-state index in [2.05, 4.69) is 22.6 Å². The highest BCUT2D eigenvalue weighted by atomic mass is 32.2. The molecule has 4 nitrogen and oxygen atoms in total. The van der Waals surface area contributed by atoms with E-state index < -0.39 is 0 Å². The summed E-state index contributed by atoms with van der Waals surface area (Å²) in [7, 11) is 0. The van der Waals surface area contributed by atoms with Gasteiger partial charge in [0.1, 0.15) is 0 Å². The number of thiol groups is 1. The van der Waals surface area contributed by atoms with Crippen LogP contribution in [-0.2, 0) is 0 Å². The summed E-state index contributed by atoms with van der Waals surface area (Å²) in [5.74, 6) is -0.390. The van der Waals surface area contributed by atoms with Crippen molar-refractivity contribution in [1.29, 1.82) is 0 Å². The number of amides is 1. The van der Waals surface area contributed by atoms with Crippen LogP contribution in [0.2, 0.25) is 0 Å². The van der Waals surface area contributed by atoms with Crippen LogP contribution in [0, 0.1) is 0 Å². The molecule has 0 fully saturated rings. The standard InChI is InChI=1S/C19H14N2O2S2/c1-25-13-8-4-11(5-9-13)17-15-14(18(22)21-17)16(20-19(15)23)10-2-6-12(24)7-3-10/h2-9,21-22,24H,1H3. The normalized spacial score (nSPS) is 13.0. The lowest BCUT2D eigenvalue weighted by atomic mass is 10.0. The Kier molecular flexibility index (Phi) is 3.94. The third-order valence-electron chi connectivity index (χ3n) is 4.16. The SMILES string of the molecule is CSc1ccc(-c2[nH]c(O)c3c2C(=O)N=C3c2ccc(S)cc2)cc1. The molecule has 0 radical (unpaired) electrons. The monoisotopic (exact) mass is 366 g/mol. The topological polar surface area (TPSA) is 65.4 Å². The van der Waals surface area contributed by atoms with Gasteiger partial charge in [0.15, 0.2) is 5.88 Å². The zero-order valence-electron chi connectivity index (χ0n) is 13.3. The summed E-state index contributed by atoms with van der Waals surface area (Å²) >= 11 is 5.92. The minimum Gasteiger partial charge on any atom is -0.494 e. The van der Waals surface area contributed by atoms with Gasteiger partial charge in [-0.05, 0) is 36.1 Å². The minimum absolute atomic E-state index is 0.0431. The lowest BCUT2D eigenvalue weighted by Crippen LogP contribution is -1.99. The van der Waals surface area contributed by atoms with E-state index in [9.17, 15) is 9.90 Å². The Hall–Kier alpha value is -2.44. The maximum absolute atomic E-state index is 12.5. The molecule has 0 spiro atoms. The molecule has 1 aliphatic rings. The quantitative estimate of drug-likeness (QED) is 0.476. The van der Waals surface area contributed by atoms with Gasteiger partial charge >= 0.3 is 0 Å². The first-order valence-corrected chi connectivity index (χ1v) is 9.28. The number of carbonyl (C=O) groups is 1. The second-order valence-electron chi connectivity index (χ2n) is 5.64. The lowest BCUT2D eigenvalue weighted by Gasteiger charge is -2.02. The highest BCUT2D eigenvalue weighted by molar-refractivity contribution is 7.98. The molecule has 0 bridgehead atoms. The number of nitrogens with one attached hydrogen (secondary N) is 1. The smallest absolute Gasteiger partial charge is 0.280 e. The number of fused-ring (bicyclic) bond motifs is 1. The third kappa shape index (κ3) is 2.67. The van der Waals surface area contributed by atoms with E-state index >= 15 is 0 Å². The molecule has 1 aliphatic heterocycles. The number of aliphatic imine (C=N–C) groups is 1. The van der Waals surface area contributed by atoms with Crippen molar-refractivity contribution in [3.8, 4) is 17.1 Å². The number of hydrogen-bond acceptors (Lipinski definition) is 4. The minimum atomic E-state index is -0.347. The predicted octanol–water partition coefficient (Wildman–Crippen LogP) is 4.39. The molecule has 0 saturated heterocycles. The van der Waals surface area contributed by atoms with Gasteiger partial charge in [-0.15, -0.1) is 24.4 Å². The number of thioether (sulfide) groups is 1. The van der Waals surface area contributed by atoms with Crippen molar-refractivity contribution in [2.75, 3.05) is 6.26 Å². The highest BCUT2D eigenvalue weighted by Gasteiger charge is 2.33. The van der Waals surface area contributed by atoms with Crippen LogP contribution in [0.5, 0.6) is 5.88 Å². The van der Waals surface area contributed by atoms with Gasteiger partial charge in [0, 0.05) is 15.4 Å². The van der Waals surface area contributed by atoms with Crippen molar-refractivity contribution in [3.63, 3.8) is 0 Å². The molecular weight excluding hydrogens is 352 g/mol. The van der Waals surface area contributed by atoms with E-state index in [1.807, 2.05) is 54.8 Å². The Labute approximate surface area is 154 Å². The van der Waals surface area contributed by atoms with Crippen LogP contribution in [-0.4, -0.2) is 28.0 Å². The van der Waals surface area contributed by atoms with Crippen molar-refractivity contribution < 1.29 is 9.90 Å². The first kappa shape index (κ1) is 16.1. The van der Waals surface area contributed by atoms with Gasteiger partial charge in [0.2, 0.25) is 0 Å². The lowest BCUT2D eigenvalue weighted by molar-refractivity contribution is 0.101. The molecule has 0 saturated carbocycles. The first-order valence-electron chi connectivity index (χ1n) is 7.60. The van der Waals surface area contributed by atoms with Crippen LogP contribution in [0.25, 0.3) is 11.3 Å². The van der Waals surface area contributed by atoms with Gasteiger partial charge in [-0.2, -0.15) is 0 Å². The van der Waals surface area contributed by atoms with E-state index in [1.54, 1.807) is 11.8 Å². The van der Waals surface area contributed by atoms with Crippen LogP contribution in [0.4, 0.5) is 0 Å². The number of carbonyl (C=O) groups excluding carboxylic acids is 1. The summed E-state index contributed by atoms with van der Waals surface area (Å²) in [6.07, 6.45) is 2.01. The molecule has 2 heterocycles. The molecule has 4 rings (SSSR count). The Morgan fingerprint density at radius 3 is 2.28 bits per heavy atom. The van der Waals surface area contributed by atoms with Gasteiger partial charge in [-0.1, -0.05) is 24.3 Å². The van der Waals surface area contributed by atoms with Crippen molar-refractivity contribution >= 4 is 36.0 Å². The maximum atomic E-state index is 12.5. The number of H-pyrrole nitrogens is 1. The number of benzene rings is 2. The number of aromatic hydroxyl groups is 1. The molecule has 0 unspecified atom stereocenters. The van der Waals surface area contributed by atoms with Crippen molar-refractivity contribution in [2.24, 2.45) is 4.99 Å². The van der Waals surface area contributed by atoms with Gasteiger partial charge in [0.25, 0.3) is 5.91 Å². The van der Waals surface area contributed by atoms with Gasteiger partial charge in [-0.25, -0.2) is 4.99 Å². The fourth-order valence-corrected chi connectivity index (χ4v) is 3.50. The van der Waals surface area contributed by atoms with Crippen molar-refractivity contribution in [3.05, 3.63) is 65.2 Å². The number of rotatable bonds is 3. The fourth-order valence-electron chi connectivity index (χ4n) is 2.95. The van der Waals surface area contributed by atoms with Gasteiger partial charge in [-0.3, -0.25) is 4.79 Å². The molecular formula is C19H14N2O2S2. The second kappa shape index (κ2) is 6.13. The molecule has 2 N–H and O–H groups in total. The van der Waals surface area contributed by atoms with Crippen LogP contribution >= 0.6 is 24.4 Å². The fraction of sp³-hybridized carbons (Fsp3) is 0.0526. The Bertz CT molecular complexity index is 1000. The summed E-state index contributed by atoms with van der Waals surface area (Å²) < 4.78 is 0. The number of aromatic nitrogens is 1. The van der Waals surface area contributed by atoms with E-state index in [4.69, 9.17) is 0 Å². The van der Waals surface area contributed by atoms with E-state index in [1.165, 1.54) is 0 Å². The number of nitrogens with zero attached hydrogens (tertiary/aromatic N) is 1. The third-order valence-corrected chi connectivity index (χ3v) is 5.21. The predicted molar refractivity (Wildman–Crippen MR) is 103 cm³/mol. The summed E-state index contributed by atoms with van der Waals surface area (Å²) in [4.78, 5) is 21.6. The average Bonchev–Trinajstić information content (AvgIpc) is 3.15. The van der Waals surface area contributed by atoms with E-state index in [-0.39, 0.29) is 11.8 Å². The maximum Gasteiger partial charge on any atom is 0.280 e. The molecule has 6 heteroatoms. The van der Waals surface area contributed by atoms with Gasteiger partial charge in [0.05, 0.1) is 22.5 Å². The van der Waals surface area contributed by atoms with Gasteiger partial charge < -0.3 is 10.1 Å². The second-order valence-corrected chi connectivity index (χ2v) is 7.04. The van der Waals surface area contributed by atoms with E-state index in [0.717, 1.165) is 20.9 Å². The molecule has 1 amide bonds. The first-order chi connectivity index (χ1) is 12.1. The number of hydrogen-bond donors (Lipinski definition) is 3. The molecule has 0 atom stereocenters.